The van der Waals surface area contributed by atoms with Crippen LogP contribution in [0.1, 0.15) is 32.1 Å². The fourth-order valence-electron chi connectivity index (χ4n) is 5.17. The quantitative estimate of drug-likeness (QED) is 0.874. The van der Waals surface area contributed by atoms with Crippen LogP contribution in [0.4, 0.5) is 11.4 Å². The molecule has 0 aromatic carbocycles. The summed E-state index contributed by atoms with van der Waals surface area (Å²) in [5, 5.41) is 3.58. The van der Waals surface area contributed by atoms with Crippen LogP contribution in [0.5, 0.6) is 0 Å². The lowest BCUT2D eigenvalue weighted by atomic mass is 9.52. The van der Waals surface area contributed by atoms with Crippen LogP contribution in [0, 0.1) is 29.6 Å². The Kier molecular flexibility index (Phi) is 2.68. The van der Waals surface area contributed by atoms with E-state index < -0.39 is 0 Å². The van der Waals surface area contributed by atoms with E-state index in [0.29, 0.717) is 0 Å². The maximum atomic E-state index is 5.96. The van der Waals surface area contributed by atoms with Gasteiger partial charge in [0.05, 0.1) is 17.6 Å². The SMILES string of the molecule is Nc1cnccc1NCC1C2CC3CC(C2)CC1C3. The molecule has 4 fully saturated rings. The van der Waals surface area contributed by atoms with E-state index in [2.05, 4.69) is 10.3 Å². The molecule has 1 heterocycles. The Bertz CT molecular complexity index is 443. The first kappa shape index (κ1) is 11.6. The molecular formula is C16H23N3. The number of anilines is 2. The van der Waals surface area contributed by atoms with Gasteiger partial charge in [0.15, 0.2) is 0 Å². The maximum Gasteiger partial charge on any atom is 0.0736 e. The van der Waals surface area contributed by atoms with Gasteiger partial charge in [0.2, 0.25) is 0 Å². The predicted octanol–water partition coefficient (Wildman–Crippen LogP) is 3.15. The van der Waals surface area contributed by atoms with Crippen molar-refractivity contribution in [3.63, 3.8) is 0 Å². The summed E-state index contributed by atoms with van der Waals surface area (Å²) >= 11 is 0. The highest BCUT2D eigenvalue weighted by molar-refractivity contribution is 5.64. The summed E-state index contributed by atoms with van der Waals surface area (Å²) in [4.78, 5) is 4.05. The summed E-state index contributed by atoms with van der Waals surface area (Å²) in [6, 6.07) is 1.99. The lowest BCUT2D eigenvalue weighted by molar-refractivity contribution is -0.0305. The Morgan fingerprint density at radius 1 is 1.11 bits per heavy atom. The van der Waals surface area contributed by atoms with Gasteiger partial charge in [-0.25, -0.2) is 0 Å². The van der Waals surface area contributed by atoms with Crippen LogP contribution in [0.3, 0.4) is 0 Å². The number of rotatable bonds is 3. The monoisotopic (exact) mass is 257 g/mol. The topological polar surface area (TPSA) is 50.9 Å². The molecule has 4 saturated carbocycles. The van der Waals surface area contributed by atoms with Gasteiger partial charge in [0.25, 0.3) is 0 Å². The number of nitrogens with one attached hydrogen (secondary N) is 1. The van der Waals surface area contributed by atoms with Gasteiger partial charge in [-0.05, 0) is 67.8 Å². The number of pyridine rings is 1. The Hall–Kier alpha value is -1.25. The van der Waals surface area contributed by atoms with E-state index in [0.717, 1.165) is 47.5 Å². The van der Waals surface area contributed by atoms with Crippen LogP contribution in [-0.2, 0) is 0 Å². The first-order chi connectivity index (χ1) is 9.29. The third-order valence-corrected chi connectivity index (χ3v) is 5.80. The molecule has 0 saturated heterocycles. The van der Waals surface area contributed by atoms with Gasteiger partial charge in [0, 0.05) is 12.7 Å². The van der Waals surface area contributed by atoms with Gasteiger partial charge in [-0.3, -0.25) is 4.98 Å². The van der Waals surface area contributed by atoms with Crippen molar-refractivity contribution < 1.29 is 0 Å². The van der Waals surface area contributed by atoms with Crippen molar-refractivity contribution in [2.75, 3.05) is 17.6 Å². The molecule has 5 rings (SSSR count). The van der Waals surface area contributed by atoms with E-state index in [1.54, 1.807) is 6.20 Å². The molecule has 3 nitrogen and oxygen atoms in total. The van der Waals surface area contributed by atoms with Crippen molar-refractivity contribution in [2.45, 2.75) is 32.1 Å². The average molecular weight is 257 g/mol. The second-order valence-electron chi connectivity index (χ2n) is 6.94. The third-order valence-electron chi connectivity index (χ3n) is 5.80. The Morgan fingerprint density at radius 3 is 2.42 bits per heavy atom. The molecule has 0 aliphatic heterocycles. The lowest BCUT2D eigenvalue weighted by Gasteiger charge is -2.54. The van der Waals surface area contributed by atoms with Crippen LogP contribution < -0.4 is 11.1 Å². The molecule has 3 heteroatoms. The number of hydrogen-bond acceptors (Lipinski definition) is 3. The second-order valence-corrected chi connectivity index (χ2v) is 6.94. The summed E-state index contributed by atoms with van der Waals surface area (Å²) in [5.74, 6) is 4.95. The van der Waals surface area contributed by atoms with Crippen molar-refractivity contribution in [2.24, 2.45) is 29.6 Å². The molecule has 19 heavy (non-hydrogen) atoms. The lowest BCUT2D eigenvalue weighted by Crippen LogP contribution is -2.47. The standard InChI is InChI=1S/C16H23N3/c17-15-9-18-2-1-16(15)19-8-14-12-4-10-3-11(6-12)7-13(14)5-10/h1-2,9-14H,3-8,17H2,(H,18,19). The zero-order valence-electron chi connectivity index (χ0n) is 11.4. The Labute approximate surface area is 115 Å². The van der Waals surface area contributed by atoms with Crippen molar-refractivity contribution in [1.29, 1.82) is 0 Å². The van der Waals surface area contributed by atoms with E-state index in [1.165, 1.54) is 32.1 Å². The molecular weight excluding hydrogens is 234 g/mol. The minimum atomic E-state index is 0.770. The van der Waals surface area contributed by atoms with Gasteiger partial charge in [-0.1, -0.05) is 0 Å². The van der Waals surface area contributed by atoms with Crippen LogP contribution in [0.15, 0.2) is 18.5 Å². The van der Waals surface area contributed by atoms with Gasteiger partial charge >= 0.3 is 0 Å². The van der Waals surface area contributed by atoms with E-state index in [-0.39, 0.29) is 0 Å². The zero-order valence-corrected chi connectivity index (χ0v) is 11.4. The summed E-state index contributed by atoms with van der Waals surface area (Å²) < 4.78 is 0. The van der Waals surface area contributed by atoms with Crippen LogP contribution in [-0.4, -0.2) is 11.5 Å². The number of nitrogen functional groups attached to an aromatic ring is 1. The van der Waals surface area contributed by atoms with Gasteiger partial charge in [-0.15, -0.1) is 0 Å². The molecule has 1 aromatic heterocycles. The zero-order chi connectivity index (χ0) is 12.8. The first-order valence-corrected chi connectivity index (χ1v) is 7.73. The highest BCUT2D eigenvalue weighted by atomic mass is 14.9. The fourth-order valence-corrected chi connectivity index (χ4v) is 5.17. The molecule has 4 aliphatic rings. The predicted molar refractivity (Wildman–Crippen MR) is 77.7 cm³/mol. The average Bonchev–Trinajstić information content (AvgIpc) is 2.39. The highest BCUT2D eigenvalue weighted by Crippen LogP contribution is 2.56. The summed E-state index contributed by atoms with van der Waals surface area (Å²) in [5.41, 5.74) is 7.78. The van der Waals surface area contributed by atoms with Crippen molar-refractivity contribution >= 4 is 11.4 Å². The molecule has 3 N–H and O–H groups in total. The van der Waals surface area contributed by atoms with Crippen LogP contribution in [0.2, 0.25) is 0 Å². The van der Waals surface area contributed by atoms with Gasteiger partial charge < -0.3 is 11.1 Å². The van der Waals surface area contributed by atoms with Crippen LogP contribution in [0.25, 0.3) is 0 Å². The molecule has 0 unspecified atom stereocenters. The molecule has 4 aliphatic carbocycles. The second kappa shape index (κ2) is 4.39. The minimum Gasteiger partial charge on any atom is -0.396 e. The Morgan fingerprint density at radius 2 is 1.79 bits per heavy atom. The number of nitrogens with zero attached hydrogens (tertiary/aromatic N) is 1. The molecule has 0 spiro atoms. The summed E-state index contributed by atoms with van der Waals surface area (Å²) in [7, 11) is 0. The van der Waals surface area contributed by atoms with E-state index in [1.807, 2.05) is 12.3 Å². The number of hydrogen-bond donors (Lipinski definition) is 2. The van der Waals surface area contributed by atoms with E-state index in [4.69, 9.17) is 5.73 Å². The molecule has 1 aromatic rings. The number of nitrogens with two attached hydrogens (primary N) is 1. The van der Waals surface area contributed by atoms with Crippen molar-refractivity contribution in [3.05, 3.63) is 18.5 Å². The molecule has 0 radical (unpaired) electrons. The Balaban J connectivity index is 1.45. The van der Waals surface area contributed by atoms with E-state index >= 15 is 0 Å². The smallest absolute Gasteiger partial charge is 0.0736 e. The molecule has 102 valence electrons. The summed E-state index contributed by atoms with van der Waals surface area (Å²) in [6.07, 6.45) is 11.0. The van der Waals surface area contributed by atoms with E-state index in [9.17, 15) is 0 Å². The largest absolute Gasteiger partial charge is 0.396 e. The maximum absolute atomic E-state index is 5.96. The highest BCUT2D eigenvalue weighted by Gasteiger charge is 2.47. The molecule has 0 amide bonds. The van der Waals surface area contributed by atoms with Crippen LogP contribution >= 0.6 is 0 Å². The molecule has 0 atom stereocenters. The van der Waals surface area contributed by atoms with Crippen molar-refractivity contribution in [3.8, 4) is 0 Å². The summed E-state index contributed by atoms with van der Waals surface area (Å²) in [6.45, 7) is 1.10. The third kappa shape index (κ3) is 1.99. The fraction of sp³-hybridized carbons (Fsp3) is 0.688. The number of aromatic nitrogens is 1. The van der Waals surface area contributed by atoms with Crippen molar-refractivity contribution in [1.82, 2.24) is 4.98 Å². The normalized spacial score (nSPS) is 39.5. The first-order valence-electron chi connectivity index (χ1n) is 7.73. The minimum absolute atomic E-state index is 0.770. The van der Waals surface area contributed by atoms with Gasteiger partial charge in [0.1, 0.15) is 0 Å². The molecule has 4 bridgehead atoms. The van der Waals surface area contributed by atoms with Gasteiger partial charge in [-0.2, -0.15) is 0 Å².